The van der Waals surface area contributed by atoms with E-state index in [0.717, 1.165) is 29.8 Å². The highest BCUT2D eigenvalue weighted by Gasteiger charge is 2.56. The van der Waals surface area contributed by atoms with Gasteiger partial charge in [-0.3, -0.25) is 14.4 Å². The van der Waals surface area contributed by atoms with Gasteiger partial charge in [0.25, 0.3) is 0 Å². The molecule has 0 spiro atoms. The number of aromatic nitrogens is 2. The van der Waals surface area contributed by atoms with Gasteiger partial charge in [-0.15, -0.1) is 0 Å². The van der Waals surface area contributed by atoms with E-state index < -0.39 is 28.5 Å². The standard InChI is InChI=1S/C32H35N3O6/c1-16(2)15-35-21-11-8-7-10-20(21)34-24(35)12-9-13-33-18(4)25-22(37)14-23-32(6,31(25)40)27-29(39)17(3)28(38)26(19(5)36)30(27)41-23/h7-8,10-11,14,16,33,38-39H,9,12-13,15H2,1-6H3/b25-18+/t32-/m1/s1. The molecule has 0 radical (unpaired) electrons. The number of imidazole rings is 1. The number of nitrogens with one attached hydrogen (secondary N) is 1. The Morgan fingerprint density at radius 1 is 1.15 bits per heavy atom. The zero-order chi connectivity index (χ0) is 29.8. The largest absolute Gasteiger partial charge is 0.507 e. The van der Waals surface area contributed by atoms with Crippen LogP contribution in [0.3, 0.4) is 0 Å². The van der Waals surface area contributed by atoms with Gasteiger partial charge in [0.15, 0.2) is 17.3 Å². The molecule has 1 atom stereocenters. The first-order valence-electron chi connectivity index (χ1n) is 13.9. The molecular weight excluding hydrogens is 522 g/mol. The molecular formula is C32H35N3O6. The molecule has 1 aromatic heterocycles. The lowest BCUT2D eigenvalue weighted by Gasteiger charge is -2.29. The number of carbonyl (C=O) groups is 3. The molecule has 5 rings (SSSR count). The monoisotopic (exact) mass is 557 g/mol. The highest BCUT2D eigenvalue weighted by atomic mass is 16.5. The molecule has 0 saturated carbocycles. The average Bonchev–Trinajstić information content (AvgIpc) is 3.40. The predicted octanol–water partition coefficient (Wildman–Crippen LogP) is 4.80. The van der Waals surface area contributed by atoms with Crippen molar-refractivity contribution in [3.8, 4) is 17.2 Å². The predicted molar refractivity (Wildman–Crippen MR) is 154 cm³/mol. The summed E-state index contributed by atoms with van der Waals surface area (Å²) in [5, 5.41) is 24.7. The van der Waals surface area contributed by atoms with Crippen LogP contribution in [0.2, 0.25) is 0 Å². The summed E-state index contributed by atoms with van der Waals surface area (Å²) in [4.78, 5) is 44.3. The van der Waals surface area contributed by atoms with Gasteiger partial charge in [0.05, 0.1) is 22.2 Å². The highest BCUT2D eigenvalue weighted by molar-refractivity contribution is 6.31. The van der Waals surface area contributed by atoms with Crippen LogP contribution in [0.15, 0.2) is 47.4 Å². The number of carbonyl (C=O) groups excluding carboxylic acids is 3. The van der Waals surface area contributed by atoms with Crippen LogP contribution in [-0.4, -0.2) is 43.7 Å². The van der Waals surface area contributed by atoms with E-state index in [4.69, 9.17) is 9.72 Å². The lowest BCUT2D eigenvalue weighted by molar-refractivity contribution is -0.123. The summed E-state index contributed by atoms with van der Waals surface area (Å²) in [6.45, 7) is 11.7. The number of phenolic OH excluding ortho intramolecular Hbond substituents is 2. The summed E-state index contributed by atoms with van der Waals surface area (Å²) in [7, 11) is 0. The maximum absolute atomic E-state index is 14.0. The van der Waals surface area contributed by atoms with E-state index in [9.17, 15) is 24.6 Å². The summed E-state index contributed by atoms with van der Waals surface area (Å²) in [5.74, 6) is -0.930. The van der Waals surface area contributed by atoms with Crippen LogP contribution >= 0.6 is 0 Å². The molecule has 2 aliphatic rings. The van der Waals surface area contributed by atoms with Crippen molar-refractivity contribution in [3.05, 3.63) is 69.9 Å². The second-order valence-corrected chi connectivity index (χ2v) is 11.4. The Labute approximate surface area is 238 Å². The lowest BCUT2D eigenvalue weighted by Crippen LogP contribution is -2.41. The molecule has 2 heterocycles. The van der Waals surface area contributed by atoms with Crippen molar-refractivity contribution < 1.29 is 29.3 Å². The smallest absolute Gasteiger partial charge is 0.194 e. The molecule has 0 fully saturated rings. The number of para-hydroxylation sites is 2. The van der Waals surface area contributed by atoms with E-state index in [1.54, 1.807) is 13.8 Å². The number of rotatable bonds is 8. The van der Waals surface area contributed by atoms with Crippen LogP contribution in [0.1, 0.15) is 68.3 Å². The third-order valence-electron chi connectivity index (χ3n) is 8.01. The van der Waals surface area contributed by atoms with Crippen molar-refractivity contribution in [1.82, 2.24) is 14.9 Å². The molecule has 1 aliphatic carbocycles. The van der Waals surface area contributed by atoms with Crippen molar-refractivity contribution in [2.45, 2.75) is 66.3 Å². The lowest BCUT2D eigenvalue weighted by atomic mass is 9.70. The Bertz CT molecular complexity index is 1690. The van der Waals surface area contributed by atoms with Gasteiger partial charge in [-0.25, -0.2) is 4.98 Å². The Morgan fingerprint density at radius 2 is 1.85 bits per heavy atom. The fraction of sp³-hybridized carbons (Fsp3) is 0.375. The van der Waals surface area contributed by atoms with Gasteiger partial charge in [-0.2, -0.15) is 0 Å². The first-order chi connectivity index (χ1) is 19.4. The number of allylic oxidation sites excluding steroid dienone is 4. The number of aromatic hydroxyl groups is 2. The van der Waals surface area contributed by atoms with Crippen LogP contribution in [0.4, 0.5) is 0 Å². The molecule has 0 bridgehead atoms. The number of Topliss-reactive ketones (excluding diaryl/α,β-unsaturated/α-hetero) is 2. The summed E-state index contributed by atoms with van der Waals surface area (Å²) in [6, 6.07) is 8.08. The third-order valence-corrected chi connectivity index (χ3v) is 8.01. The number of hydrogen-bond donors (Lipinski definition) is 3. The van der Waals surface area contributed by atoms with Gasteiger partial charge < -0.3 is 24.8 Å². The fourth-order valence-electron chi connectivity index (χ4n) is 5.86. The van der Waals surface area contributed by atoms with Crippen molar-refractivity contribution in [3.63, 3.8) is 0 Å². The third kappa shape index (κ3) is 4.40. The Hall–Kier alpha value is -4.40. The SMILES string of the molecule is CC(=O)c1c(O)c(C)c(O)c2c1OC1=CC(=O)/C(=C(/C)NCCCc3nc4ccccc4n3CC(C)C)C(=O)[C@]12C. The maximum atomic E-state index is 14.0. The van der Waals surface area contributed by atoms with E-state index in [2.05, 4.69) is 29.8 Å². The molecule has 9 heteroatoms. The summed E-state index contributed by atoms with van der Waals surface area (Å²) in [5.41, 5.74) is 0.936. The second kappa shape index (κ2) is 10.2. The van der Waals surface area contributed by atoms with Gasteiger partial charge in [-0.1, -0.05) is 26.0 Å². The van der Waals surface area contributed by atoms with Gasteiger partial charge in [-0.05, 0) is 52.2 Å². The molecule has 0 saturated heterocycles. The highest BCUT2D eigenvalue weighted by Crippen LogP contribution is 2.57. The topological polar surface area (TPSA) is 131 Å². The number of fused-ring (bicyclic) bond motifs is 4. The van der Waals surface area contributed by atoms with Crippen LogP contribution in [0, 0.1) is 12.8 Å². The quantitative estimate of drug-likeness (QED) is 0.156. The zero-order valence-corrected chi connectivity index (χ0v) is 24.2. The molecule has 214 valence electrons. The molecule has 1 aliphatic heterocycles. The number of ether oxygens (including phenoxy) is 1. The minimum atomic E-state index is -1.53. The van der Waals surface area contributed by atoms with E-state index in [1.165, 1.54) is 19.9 Å². The molecule has 0 amide bonds. The van der Waals surface area contributed by atoms with Crippen molar-refractivity contribution in [1.29, 1.82) is 0 Å². The number of phenols is 2. The Kier molecular flexibility index (Phi) is 7.01. The van der Waals surface area contributed by atoms with Crippen LogP contribution in [0.5, 0.6) is 17.2 Å². The van der Waals surface area contributed by atoms with E-state index in [0.29, 0.717) is 24.6 Å². The summed E-state index contributed by atoms with van der Waals surface area (Å²) >= 11 is 0. The van der Waals surface area contributed by atoms with Crippen LogP contribution < -0.4 is 10.1 Å². The summed E-state index contributed by atoms with van der Waals surface area (Å²) in [6.07, 6.45) is 2.66. The normalized spacial score (nSPS) is 19.2. The maximum Gasteiger partial charge on any atom is 0.194 e. The summed E-state index contributed by atoms with van der Waals surface area (Å²) < 4.78 is 8.08. The van der Waals surface area contributed by atoms with Crippen molar-refractivity contribution >= 4 is 28.4 Å². The van der Waals surface area contributed by atoms with Gasteiger partial charge in [0.2, 0.25) is 0 Å². The van der Waals surface area contributed by atoms with Gasteiger partial charge >= 0.3 is 0 Å². The molecule has 3 aromatic rings. The Morgan fingerprint density at radius 3 is 2.54 bits per heavy atom. The van der Waals surface area contributed by atoms with Gasteiger partial charge in [0, 0.05) is 36.8 Å². The fourth-order valence-corrected chi connectivity index (χ4v) is 5.86. The first-order valence-corrected chi connectivity index (χ1v) is 13.9. The van der Waals surface area contributed by atoms with Gasteiger partial charge in [0.1, 0.15) is 39.8 Å². The second-order valence-electron chi connectivity index (χ2n) is 11.4. The first kappa shape index (κ1) is 28.1. The minimum Gasteiger partial charge on any atom is -0.507 e. The van der Waals surface area contributed by atoms with E-state index in [-0.39, 0.29) is 39.5 Å². The molecule has 3 N–H and O–H groups in total. The Balaban J connectivity index is 1.41. The molecule has 2 aromatic carbocycles. The number of benzene rings is 2. The number of nitrogens with zero attached hydrogens (tertiary/aromatic N) is 2. The minimum absolute atomic E-state index is 0.0194. The number of ketones is 3. The van der Waals surface area contributed by atoms with E-state index in [1.807, 2.05) is 18.2 Å². The van der Waals surface area contributed by atoms with Crippen LogP contribution in [-0.2, 0) is 28.0 Å². The average molecular weight is 558 g/mol. The van der Waals surface area contributed by atoms with Crippen LogP contribution in [0.25, 0.3) is 11.0 Å². The zero-order valence-electron chi connectivity index (χ0n) is 24.2. The van der Waals surface area contributed by atoms with Crippen molar-refractivity contribution in [2.75, 3.05) is 6.54 Å². The molecule has 41 heavy (non-hydrogen) atoms. The van der Waals surface area contributed by atoms with Crippen molar-refractivity contribution in [2.24, 2.45) is 5.92 Å². The molecule has 0 unspecified atom stereocenters. The number of aryl methyl sites for hydroxylation is 1. The molecule has 9 nitrogen and oxygen atoms in total. The van der Waals surface area contributed by atoms with E-state index >= 15 is 0 Å². The number of hydrogen-bond acceptors (Lipinski definition) is 8.